The van der Waals surface area contributed by atoms with E-state index in [9.17, 15) is 4.79 Å². The summed E-state index contributed by atoms with van der Waals surface area (Å²) in [6.45, 7) is 0.735. The standard InChI is InChI=1S/C20H21NO3S/c1-23-17-10-8-15(14-18(17)24-2)9-11-20(22)21-12-5-13-25-19-7-4-3-6-16(19)21/h3-4,6-11,14H,5,12-13H2,1-2H3/b11-9+. The third-order valence-electron chi connectivity index (χ3n) is 4.03. The molecule has 25 heavy (non-hydrogen) atoms. The Morgan fingerprint density at radius 3 is 2.72 bits per heavy atom. The SMILES string of the molecule is COc1ccc(/C=C/C(=O)N2CCCSc3ccccc32)cc1OC. The maximum Gasteiger partial charge on any atom is 0.251 e. The number of thioether (sulfide) groups is 1. The van der Waals surface area contributed by atoms with Crippen molar-refractivity contribution in [3.8, 4) is 11.5 Å². The number of amides is 1. The zero-order chi connectivity index (χ0) is 17.6. The first kappa shape index (κ1) is 17.4. The zero-order valence-electron chi connectivity index (χ0n) is 14.4. The second-order valence-corrected chi connectivity index (χ2v) is 6.74. The van der Waals surface area contributed by atoms with E-state index in [-0.39, 0.29) is 5.91 Å². The Labute approximate surface area is 152 Å². The normalized spacial score (nSPS) is 14.1. The summed E-state index contributed by atoms with van der Waals surface area (Å²) < 4.78 is 10.5. The van der Waals surface area contributed by atoms with Gasteiger partial charge in [0.2, 0.25) is 0 Å². The van der Waals surface area contributed by atoms with Gasteiger partial charge < -0.3 is 14.4 Å². The molecule has 0 radical (unpaired) electrons. The molecule has 0 unspecified atom stereocenters. The molecule has 0 fully saturated rings. The molecule has 130 valence electrons. The van der Waals surface area contributed by atoms with Crippen molar-refractivity contribution < 1.29 is 14.3 Å². The predicted octanol–water partition coefficient (Wildman–Crippen LogP) is 4.25. The van der Waals surface area contributed by atoms with Crippen molar-refractivity contribution in [2.24, 2.45) is 0 Å². The highest BCUT2D eigenvalue weighted by atomic mass is 32.2. The van der Waals surface area contributed by atoms with Gasteiger partial charge in [0.05, 0.1) is 19.9 Å². The Kier molecular flexibility index (Phi) is 5.66. The largest absolute Gasteiger partial charge is 0.493 e. The minimum Gasteiger partial charge on any atom is -0.493 e. The number of para-hydroxylation sites is 1. The molecule has 0 aliphatic carbocycles. The number of anilines is 1. The number of ether oxygens (including phenoxy) is 2. The van der Waals surface area contributed by atoms with Crippen LogP contribution in [0.5, 0.6) is 11.5 Å². The van der Waals surface area contributed by atoms with E-state index in [1.807, 2.05) is 47.4 Å². The predicted molar refractivity (Wildman–Crippen MR) is 103 cm³/mol. The Balaban J connectivity index is 1.81. The average Bonchev–Trinajstić information content (AvgIpc) is 2.88. The third-order valence-corrected chi connectivity index (χ3v) is 5.18. The lowest BCUT2D eigenvalue weighted by Crippen LogP contribution is -2.30. The monoisotopic (exact) mass is 355 g/mol. The number of nitrogens with zero attached hydrogens (tertiary/aromatic N) is 1. The van der Waals surface area contributed by atoms with Crippen LogP contribution >= 0.6 is 11.8 Å². The fourth-order valence-corrected chi connectivity index (χ4v) is 3.76. The van der Waals surface area contributed by atoms with Crippen LogP contribution in [0.25, 0.3) is 6.08 Å². The highest BCUT2D eigenvalue weighted by Gasteiger charge is 2.19. The van der Waals surface area contributed by atoms with Crippen LogP contribution in [-0.2, 0) is 4.79 Å². The number of benzene rings is 2. The molecule has 1 aliphatic heterocycles. The molecular weight excluding hydrogens is 334 g/mol. The number of rotatable bonds is 4. The van der Waals surface area contributed by atoms with E-state index in [4.69, 9.17) is 9.47 Å². The van der Waals surface area contributed by atoms with Crippen LogP contribution in [0, 0.1) is 0 Å². The number of fused-ring (bicyclic) bond motifs is 1. The van der Waals surface area contributed by atoms with E-state index in [0.29, 0.717) is 11.5 Å². The van der Waals surface area contributed by atoms with Crippen molar-refractivity contribution in [2.75, 3.05) is 31.4 Å². The maximum atomic E-state index is 12.7. The van der Waals surface area contributed by atoms with Gasteiger partial charge in [-0.25, -0.2) is 0 Å². The number of carbonyl (C=O) groups excluding carboxylic acids is 1. The molecule has 0 spiro atoms. The summed E-state index contributed by atoms with van der Waals surface area (Å²) in [5.41, 5.74) is 1.88. The number of carbonyl (C=O) groups is 1. The van der Waals surface area contributed by atoms with Crippen LogP contribution < -0.4 is 14.4 Å². The lowest BCUT2D eigenvalue weighted by Gasteiger charge is -2.20. The smallest absolute Gasteiger partial charge is 0.251 e. The Morgan fingerprint density at radius 1 is 1.12 bits per heavy atom. The van der Waals surface area contributed by atoms with E-state index in [2.05, 4.69) is 6.07 Å². The quantitative estimate of drug-likeness (QED) is 0.769. The van der Waals surface area contributed by atoms with Crippen molar-refractivity contribution in [2.45, 2.75) is 11.3 Å². The molecule has 1 heterocycles. The number of hydrogen-bond donors (Lipinski definition) is 0. The van der Waals surface area contributed by atoms with Gasteiger partial charge in [-0.15, -0.1) is 11.8 Å². The highest BCUT2D eigenvalue weighted by molar-refractivity contribution is 7.99. The minimum atomic E-state index is -0.00950. The lowest BCUT2D eigenvalue weighted by molar-refractivity contribution is -0.114. The van der Waals surface area contributed by atoms with E-state index < -0.39 is 0 Å². The van der Waals surface area contributed by atoms with Gasteiger partial charge in [-0.2, -0.15) is 0 Å². The van der Waals surface area contributed by atoms with Gasteiger partial charge in [0, 0.05) is 17.5 Å². The van der Waals surface area contributed by atoms with Crippen molar-refractivity contribution in [3.63, 3.8) is 0 Å². The summed E-state index contributed by atoms with van der Waals surface area (Å²) in [6, 6.07) is 13.7. The van der Waals surface area contributed by atoms with Gasteiger partial charge in [0.15, 0.2) is 11.5 Å². The van der Waals surface area contributed by atoms with Gasteiger partial charge in [0.25, 0.3) is 5.91 Å². The number of methoxy groups -OCH3 is 2. The van der Waals surface area contributed by atoms with Crippen LogP contribution in [0.15, 0.2) is 53.4 Å². The summed E-state index contributed by atoms with van der Waals surface area (Å²) in [4.78, 5) is 15.8. The summed E-state index contributed by atoms with van der Waals surface area (Å²) >= 11 is 1.81. The molecule has 0 bridgehead atoms. The van der Waals surface area contributed by atoms with Crippen LogP contribution in [0.3, 0.4) is 0 Å². The molecule has 0 aromatic heterocycles. The van der Waals surface area contributed by atoms with Gasteiger partial charge in [0.1, 0.15) is 0 Å². The Morgan fingerprint density at radius 2 is 1.92 bits per heavy atom. The molecule has 0 saturated carbocycles. The van der Waals surface area contributed by atoms with E-state index in [0.717, 1.165) is 34.9 Å². The molecule has 0 atom stereocenters. The fourth-order valence-electron chi connectivity index (χ4n) is 2.77. The number of hydrogen-bond acceptors (Lipinski definition) is 4. The zero-order valence-corrected chi connectivity index (χ0v) is 15.2. The van der Waals surface area contributed by atoms with Crippen LogP contribution in [0.4, 0.5) is 5.69 Å². The van der Waals surface area contributed by atoms with Crippen LogP contribution in [0.1, 0.15) is 12.0 Å². The molecule has 3 rings (SSSR count). The summed E-state index contributed by atoms with van der Waals surface area (Å²) in [6.07, 6.45) is 4.41. The molecular formula is C20H21NO3S. The van der Waals surface area contributed by atoms with Gasteiger partial charge in [-0.3, -0.25) is 4.79 Å². The molecule has 2 aromatic rings. The molecule has 5 heteroatoms. The second-order valence-electron chi connectivity index (χ2n) is 5.61. The molecule has 1 amide bonds. The van der Waals surface area contributed by atoms with Crippen LogP contribution in [0.2, 0.25) is 0 Å². The highest BCUT2D eigenvalue weighted by Crippen LogP contribution is 2.34. The first-order chi connectivity index (χ1) is 12.2. The van der Waals surface area contributed by atoms with Gasteiger partial charge in [-0.05, 0) is 48.1 Å². The van der Waals surface area contributed by atoms with Gasteiger partial charge in [-0.1, -0.05) is 18.2 Å². The van der Waals surface area contributed by atoms with E-state index in [1.54, 1.807) is 32.1 Å². The Hall–Kier alpha value is -2.40. The average molecular weight is 355 g/mol. The van der Waals surface area contributed by atoms with Crippen molar-refractivity contribution in [1.82, 2.24) is 0 Å². The van der Waals surface area contributed by atoms with Crippen molar-refractivity contribution >= 4 is 29.4 Å². The second kappa shape index (κ2) is 8.12. The maximum absolute atomic E-state index is 12.7. The molecule has 0 N–H and O–H groups in total. The molecule has 0 saturated heterocycles. The van der Waals surface area contributed by atoms with E-state index >= 15 is 0 Å². The Bertz CT molecular complexity index is 788. The first-order valence-electron chi connectivity index (χ1n) is 8.16. The fraction of sp³-hybridized carbons (Fsp3) is 0.250. The summed E-state index contributed by atoms with van der Waals surface area (Å²) in [7, 11) is 3.20. The molecule has 4 nitrogen and oxygen atoms in total. The first-order valence-corrected chi connectivity index (χ1v) is 9.15. The van der Waals surface area contributed by atoms with Crippen molar-refractivity contribution in [3.05, 3.63) is 54.1 Å². The van der Waals surface area contributed by atoms with Crippen LogP contribution in [-0.4, -0.2) is 32.4 Å². The van der Waals surface area contributed by atoms with E-state index in [1.165, 1.54) is 0 Å². The minimum absolute atomic E-state index is 0.00950. The molecule has 2 aromatic carbocycles. The third kappa shape index (κ3) is 3.99. The molecule has 1 aliphatic rings. The lowest BCUT2D eigenvalue weighted by atomic mass is 10.1. The summed E-state index contributed by atoms with van der Waals surface area (Å²) in [5, 5.41) is 0. The topological polar surface area (TPSA) is 38.8 Å². The van der Waals surface area contributed by atoms with Crippen molar-refractivity contribution in [1.29, 1.82) is 0 Å². The van der Waals surface area contributed by atoms with Gasteiger partial charge >= 0.3 is 0 Å². The summed E-state index contributed by atoms with van der Waals surface area (Å²) in [5.74, 6) is 2.34.